The minimum absolute atomic E-state index is 0.0748. The summed E-state index contributed by atoms with van der Waals surface area (Å²) in [6.07, 6.45) is 1.66. The van der Waals surface area contributed by atoms with Crippen LogP contribution < -0.4 is 5.73 Å². The van der Waals surface area contributed by atoms with Gasteiger partial charge in [-0.1, -0.05) is 0 Å². The zero-order valence-corrected chi connectivity index (χ0v) is 5.49. The van der Waals surface area contributed by atoms with Gasteiger partial charge in [-0.05, 0) is 6.92 Å². The summed E-state index contributed by atoms with van der Waals surface area (Å²) >= 11 is 0. The van der Waals surface area contributed by atoms with Crippen LogP contribution in [0.15, 0.2) is 0 Å². The lowest BCUT2D eigenvalue weighted by Gasteiger charge is -1.97. The molecule has 3 heteroatoms. The van der Waals surface area contributed by atoms with Crippen LogP contribution in [-0.4, -0.2) is 22.3 Å². The average Bonchev–Trinajstić information content (AvgIpc) is 1.27. The predicted molar refractivity (Wildman–Crippen MR) is 32.6 cm³/mol. The van der Waals surface area contributed by atoms with Gasteiger partial charge < -0.3 is 5.73 Å². The van der Waals surface area contributed by atoms with Gasteiger partial charge in [0.2, 0.25) is 0 Å². The van der Waals surface area contributed by atoms with Crippen LogP contribution in [-0.2, 0) is 10.8 Å². The van der Waals surface area contributed by atoms with E-state index >= 15 is 0 Å². The monoisotopic (exact) mass is 121 g/mol. The third kappa shape index (κ3) is 6.11. The zero-order chi connectivity index (χ0) is 5.86. The third-order valence-corrected chi connectivity index (χ3v) is 1.49. The van der Waals surface area contributed by atoms with E-state index in [1.807, 2.05) is 6.92 Å². The Balaban J connectivity index is 3.13. The molecule has 0 fully saturated rings. The van der Waals surface area contributed by atoms with Gasteiger partial charge in [0.25, 0.3) is 0 Å². The first-order chi connectivity index (χ1) is 3.13. The molecule has 7 heavy (non-hydrogen) atoms. The molecule has 0 aromatic carbocycles. The van der Waals surface area contributed by atoms with Crippen LogP contribution in [0.2, 0.25) is 0 Å². The largest absolute Gasteiger partial charge is 0.327 e. The fourth-order valence-corrected chi connectivity index (χ4v) is 1.11. The Morgan fingerprint density at radius 3 is 2.29 bits per heavy atom. The lowest BCUT2D eigenvalue weighted by Crippen LogP contribution is -2.22. The summed E-state index contributed by atoms with van der Waals surface area (Å²) in [5, 5.41) is 0. The van der Waals surface area contributed by atoms with Crippen LogP contribution in [0.5, 0.6) is 0 Å². The second-order valence-electron chi connectivity index (χ2n) is 1.72. The van der Waals surface area contributed by atoms with Gasteiger partial charge in [0.15, 0.2) is 0 Å². The topological polar surface area (TPSA) is 43.1 Å². The fourth-order valence-electron chi connectivity index (χ4n) is 0.370. The van der Waals surface area contributed by atoms with E-state index in [1.54, 1.807) is 6.26 Å². The molecule has 0 saturated carbocycles. The van der Waals surface area contributed by atoms with Gasteiger partial charge in [-0.2, -0.15) is 0 Å². The minimum Gasteiger partial charge on any atom is -0.327 e. The number of hydrogen-bond donors (Lipinski definition) is 1. The quantitative estimate of drug-likeness (QED) is 0.545. The van der Waals surface area contributed by atoms with E-state index < -0.39 is 10.8 Å². The second kappa shape index (κ2) is 3.16. The Hall–Kier alpha value is 0.110. The lowest BCUT2D eigenvalue weighted by molar-refractivity contribution is 0.680. The summed E-state index contributed by atoms with van der Waals surface area (Å²) in [5.41, 5.74) is 5.30. The first kappa shape index (κ1) is 7.11. The van der Waals surface area contributed by atoms with Crippen molar-refractivity contribution in [3.05, 3.63) is 0 Å². The Kier molecular flexibility index (Phi) is 3.21. The maximum absolute atomic E-state index is 10.3. The number of nitrogens with two attached hydrogens (primary N) is 1. The normalized spacial score (nSPS) is 18.7. The molecule has 0 aliphatic rings. The molecule has 0 heterocycles. The fraction of sp³-hybridized carbons (Fsp3) is 1.00. The molecule has 0 amide bonds. The highest BCUT2D eigenvalue weighted by Crippen LogP contribution is 1.77. The second-order valence-corrected chi connectivity index (χ2v) is 3.20. The van der Waals surface area contributed by atoms with Crippen LogP contribution in [0.3, 0.4) is 0 Å². The average molecular weight is 121 g/mol. The van der Waals surface area contributed by atoms with Crippen molar-refractivity contribution in [3.8, 4) is 0 Å². The SMILES string of the molecule is C[C@@H](N)C[S@@](C)=O. The van der Waals surface area contributed by atoms with Gasteiger partial charge >= 0.3 is 0 Å². The highest BCUT2D eigenvalue weighted by Gasteiger charge is 1.93. The summed E-state index contributed by atoms with van der Waals surface area (Å²) in [6.45, 7) is 1.85. The molecule has 0 aromatic heterocycles. The van der Waals surface area contributed by atoms with Crippen molar-refractivity contribution < 1.29 is 4.21 Å². The van der Waals surface area contributed by atoms with Crippen molar-refractivity contribution in [1.29, 1.82) is 0 Å². The van der Waals surface area contributed by atoms with Gasteiger partial charge in [-0.3, -0.25) is 4.21 Å². The van der Waals surface area contributed by atoms with Crippen molar-refractivity contribution >= 4 is 10.8 Å². The van der Waals surface area contributed by atoms with Gasteiger partial charge in [0.05, 0.1) is 0 Å². The number of hydrogen-bond acceptors (Lipinski definition) is 2. The molecule has 0 unspecified atom stereocenters. The van der Waals surface area contributed by atoms with Crippen molar-refractivity contribution in [1.82, 2.24) is 0 Å². The van der Waals surface area contributed by atoms with E-state index in [2.05, 4.69) is 0 Å². The summed E-state index contributed by atoms with van der Waals surface area (Å²) in [6, 6.07) is 0.0748. The molecule has 0 aromatic rings. The maximum atomic E-state index is 10.3. The van der Waals surface area contributed by atoms with E-state index in [0.717, 1.165) is 0 Å². The lowest BCUT2D eigenvalue weighted by atomic mass is 10.4. The predicted octanol–water partition coefficient (Wildman–Crippen LogP) is -0.288. The molecule has 2 N–H and O–H groups in total. The zero-order valence-electron chi connectivity index (χ0n) is 4.68. The molecule has 0 rings (SSSR count). The van der Waals surface area contributed by atoms with Crippen molar-refractivity contribution in [3.63, 3.8) is 0 Å². The summed E-state index contributed by atoms with van der Waals surface area (Å²) in [7, 11) is -0.721. The van der Waals surface area contributed by atoms with E-state index in [-0.39, 0.29) is 6.04 Å². The van der Waals surface area contributed by atoms with Crippen LogP contribution in [0.25, 0.3) is 0 Å². The number of rotatable bonds is 2. The Morgan fingerprint density at radius 1 is 1.86 bits per heavy atom. The smallest absolute Gasteiger partial charge is 0.0381 e. The highest BCUT2D eigenvalue weighted by molar-refractivity contribution is 7.84. The molecule has 2 nitrogen and oxygen atoms in total. The van der Waals surface area contributed by atoms with Crippen LogP contribution >= 0.6 is 0 Å². The molecule has 2 atom stereocenters. The van der Waals surface area contributed by atoms with Crippen LogP contribution in [0.4, 0.5) is 0 Å². The van der Waals surface area contributed by atoms with Gasteiger partial charge in [-0.15, -0.1) is 0 Å². The molecule has 0 bridgehead atoms. The molecular formula is C4H11NOS. The van der Waals surface area contributed by atoms with Gasteiger partial charge in [-0.25, -0.2) is 0 Å². The minimum atomic E-state index is -0.721. The molecular weight excluding hydrogens is 110 g/mol. The standard InChI is InChI=1S/C4H11NOS/c1-4(5)3-7(2)6/h4H,3,5H2,1-2H3/t4-,7-/m1/s1. The van der Waals surface area contributed by atoms with Crippen molar-refractivity contribution in [2.45, 2.75) is 13.0 Å². The van der Waals surface area contributed by atoms with Crippen LogP contribution in [0.1, 0.15) is 6.92 Å². The summed E-state index contributed by atoms with van der Waals surface area (Å²) in [4.78, 5) is 0. The first-order valence-electron chi connectivity index (χ1n) is 2.18. The third-order valence-electron chi connectivity index (χ3n) is 0.498. The molecule has 0 spiro atoms. The first-order valence-corrected chi connectivity index (χ1v) is 3.91. The highest BCUT2D eigenvalue weighted by atomic mass is 32.2. The molecule has 44 valence electrons. The molecule has 0 aliphatic carbocycles. The van der Waals surface area contributed by atoms with E-state index in [1.165, 1.54) is 0 Å². The van der Waals surface area contributed by atoms with Crippen molar-refractivity contribution in [2.75, 3.05) is 12.0 Å². The van der Waals surface area contributed by atoms with E-state index in [9.17, 15) is 4.21 Å². The van der Waals surface area contributed by atoms with Crippen LogP contribution in [0, 0.1) is 0 Å². The van der Waals surface area contributed by atoms with Crippen molar-refractivity contribution in [2.24, 2.45) is 5.73 Å². The Labute approximate surface area is 46.5 Å². The van der Waals surface area contributed by atoms with E-state index in [4.69, 9.17) is 5.73 Å². The molecule has 0 saturated heterocycles. The molecule has 0 aliphatic heterocycles. The van der Waals surface area contributed by atoms with Gasteiger partial charge in [0.1, 0.15) is 0 Å². The Morgan fingerprint density at radius 2 is 2.29 bits per heavy atom. The maximum Gasteiger partial charge on any atom is 0.0381 e. The Bertz CT molecular complexity index is 72.1. The summed E-state index contributed by atoms with van der Waals surface area (Å²) in [5.74, 6) is 0.611. The van der Waals surface area contributed by atoms with Gasteiger partial charge in [0, 0.05) is 28.9 Å². The van der Waals surface area contributed by atoms with E-state index in [0.29, 0.717) is 5.75 Å². The summed E-state index contributed by atoms with van der Waals surface area (Å²) < 4.78 is 10.3. The molecule has 0 radical (unpaired) electrons.